The van der Waals surface area contributed by atoms with Gasteiger partial charge in [-0.05, 0) is 43.7 Å². The van der Waals surface area contributed by atoms with Crippen LogP contribution in [-0.4, -0.2) is 43.3 Å². The summed E-state index contributed by atoms with van der Waals surface area (Å²) in [4.78, 5) is 11.1. The summed E-state index contributed by atoms with van der Waals surface area (Å²) in [5.74, 6) is 1.95. The Bertz CT molecular complexity index is 1010. The molecule has 1 saturated carbocycles. The molecule has 1 aromatic carbocycles. The first-order chi connectivity index (χ1) is 13.5. The van der Waals surface area contributed by atoms with E-state index < -0.39 is 15.3 Å². The lowest BCUT2D eigenvalue weighted by atomic mass is 10.1. The number of aromatic nitrogens is 2. The van der Waals surface area contributed by atoms with Crippen molar-refractivity contribution < 1.29 is 8.42 Å². The number of hydrogen-bond acceptors (Lipinski definition) is 5. The van der Waals surface area contributed by atoms with E-state index in [1.54, 1.807) is 10.4 Å². The Morgan fingerprint density at radius 1 is 1.07 bits per heavy atom. The molecule has 1 saturated heterocycles. The molecule has 3 heterocycles. The van der Waals surface area contributed by atoms with E-state index >= 15 is 0 Å². The number of halogens is 1. The fourth-order valence-electron chi connectivity index (χ4n) is 4.25. The Morgan fingerprint density at radius 3 is 2.71 bits per heavy atom. The molecule has 0 spiro atoms. The van der Waals surface area contributed by atoms with E-state index in [0.717, 1.165) is 55.1 Å². The van der Waals surface area contributed by atoms with E-state index in [0.29, 0.717) is 30.6 Å². The Balaban J connectivity index is 1.40. The number of benzene rings is 1. The summed E-state index contributed by atoms with van der Waals surface area (Å²) in [5.41, 5.74) is 1.94. The molecule has 2 fully saturated rings. The maximum absolute atomic E-state index is 13.4. The van der Waals surface area contributed by atoms with Crippen molar-refractivity contribution in [2.75, 3.05) is 28.8 Å². The third kappa shape index (κ3) is 3.24. The Kier molecular flexibility index (Phi) is 4.47. The summed E-state index contributed by atoms with van der Waals surface area (Å²) in [6.07, 6.45) is 4.47. The molecule has 1 unspecified atom stereocenters. The van der Waals surface area contributed by atoms with Crippen LogP contribution in [0.3, 0.4) is 0 Å². The quantitative estimate of drug-likeness (QED) is 0.712. The Morgan fingerprint density at radius 2 is 1.89 bits per heavy atom. The highest BCUT2D eigenvalue weighted by molar-refractivity contribution is 7.93. The number of para-hydroxylation sites is 1. The average Bonchev–Trinajstić information content (AvgIpc) is 3.46. The summed E-state index contributed by atoms with van der Waals surface area (Å²) in [7, 11) is -3.43. The van der Waals surface area contributed by atoms with E-state index in [1.165, 1.54) is 0 Å². The second-order valence-electron chi connectivity index (χ2n) is 7.89. The normalized spacial score (nSPS) is 22.4. The highest BCUT2D eigenvalue weighted by Crippen LogP contribution is 2.39. The zero-order valence-electron chi connectivity index (χ0n) is 15.6. The van der Waals surface area contributed by atoms with Gasteiger partial charge in [-0.25, -0.2) is 18.4 Å². The van der Waals surface area contributed by atoms with Gasteiger partial charge in [-0.1, -0.05) is 29.8 Å². The second-order valence-corrected chi connectivity index (χ2v) is 10.4. The van der Waals surface area contributed by atoms with Gasteiger partial charge in [0.2, 0.25) is 10.0 Å². The van der Waals surface area contributed by atoms with Crippen LogP contribution >= 0.6 is 11.6 Å². The van der Waals surface area contributed by atoms with Gasteiger partial charge < -0.3 is 4.90 Å². The van der Waals surface area contributed by atoms with Crippen LogP contribution < -0.4 is 9.21 Å². The number of fused-ring (bicyclic) bond motifs is 1. The van der Waals surface area contributed by atoms with Crippen LogP contribution in [0.25, 0.3) is 0 Å². The molecule has 1 atom stereocenters. The first kappa shape index (κ1) is 18.2. The van der Waals surface area contributed by atoms with Gasteiger partial charge in [0.05, 0.1) is 10.9 Å². The topological polar surface area (TPSA) is 66.4 Å². The number of anilines is 2. The number of hydrogen-bond donors (Lipinski definition) is 0. The van der Waals surface area contributed by atoms with E-state index in [4.69, 9.17) is 16.6 Å². The van der Waals surface area contributed by atoms with Crippen molar-refractivity contribution in [3.63, 3.8) is 0 Å². The van der Waals surface area contributed by atoms with Crippen LogP contribution in [-0.2, 0) is 16.4 Å². The van der Waals surface area contributed by atoms with E-state index in [1.807, 2.05) is 24.3 Å². The molecule has 0 N–H and O–H groups in total. The van der Waals surface area contributed by atoms with Crippen LogP contribution in [0.2, 0.25) is 5.15 Å². The highest BCUT2D eigenvalue weighted by Gasteiger charge is 2.38. The molecule has 5 rings (SSSR count). The van der Waals surface area contributed by atoms with Crippen molar-refractivity contribution in [3.8, 4) is 0 Å². The fraction of sp³-hybridized carbons (Fsp3) is 0.500. The molecule has 6 nitrogen and oxygen atoms in total. The molecule has 28 heavy (non-hydrogen) atoms. The molecular formula is C20H23ClN4O2S. The lowest BCUT2D eigenvalue weighted by Gasteiger charge is -2.35. The lowest BCUT2D eigenvalue weighted by Crippen LogP contribution is -2.48. The van der Waals surface area contributed by atoms with Crippen molar-refractivity contribution in [2.45, 2.75) is 43.3 Å². The minimum Gasteiger partial charge on any atom is -0.355 e. The van der Waals surface area contributed by atoms with Crippen LogP contribution in [0, 0.1) is 0 Å². The monoisotopic (exact) mass is 418 g/mol. The molecule has 2 aromatic rings. The summed E-state index contributed by atoms with van der Waals surface area (Å²) in [6, 6.07) is 9.55. The maximum Gasteiger partial charge on any atom is 0.239 e. The van der Waals surface area contributed by atoms with Crippen LogP contribution in [0.1, 0.15) is 43.0 Å². The predicted octanol–water partition coefficient (Wildman–Crippen LogP) is 3.37. The van der Waals surface area contributed by atoms with Gasteiger partial charge >= 0.3 is 0 Å². The number of piperidine rings is 1. The first-order valence-corrected chi connectivity index (χ1v) is 11.8. The molecule has 0 amide bonds. The number of rotatable bonds is 4. The molecule has 148 valence electrons. The SMILES string of the molecule is O=S(=O)(C1CCCN(c2cc(Cl)nc(C3CC3)n2)C1)N1CCc2ccccc21. The Labute approximate surface area is 170 Å². The van der Waals surface area contributed by atoms with Crippen molar-refractivity contribution in [3.05, 3.63) is 46.9 Å². The Hall–Kier alpha value is -1.86. The van der Waals surface area contributed by atoms with E-state index in [2.05, 4.69) is 9.88 Å². The molecule has 0 bridgehead atoms. The molecule has 8 heteroatoms. The highest BCUT2D eigenvalue weighted by atomic mass is 35.5. The van der Waals surface area contributed by atoms with Gasteiger partial charge in [-0.3, -0.25) is 4.31 Å². The third-order valence-electron chi connectivity index (χ3n) is 5.92. The third-order valence-corrected chi connectivity index (χ3v) is 8.33. The summed E-state index contributed by atoms with van der Waals surface area (Å²) < 4.78 is 28.5. The zero-order chi connectivity index (χ0) is 19.3. The van der Waals surface area contributed by atoms with Gasteiger partial charge in [0, 0.05) is 31.6 Å². The average molecular weight is 419 g/mol. The minimum absolute atomic E-state index is 0.405. The molecular weight excluding hydrogens is 396 g/mol. The van der Waals surface area contributed by atoms with E-state index in [-0.39, 0.29) is 0 Å². The van der Waals surface area contributed by atoms with E-state index in [9.17, 15) is 8.42 Å². The fourth-order valence-corrected chi connectivity index (χ4v) is 6.43. The summed E-state index contributed by atoms with van der Waals surface area (Å²) >= 11 is 6.22. The van der Waals surface area contributed by atoms with Gasteiger partial charge in [-0.15, -0.1) is 0 Å². The van der Waals surface area contributed by atoms with Crippen molar-refractivity contribution in [2.24, 2.45) is 0 Å². The zero-order valence-corrected chi connectivity index (χ0v) is 17.2. The first-order valence-electron chi connectivity index (χ1n) is 9.91. The van der Waals surface area contributed by atoms with Gasteiger partial charge in [0.1, 0.15) is 16.8 Å². The summed E-state index contributed by atoms with van der Waals surface area (Å²) in [5, 5.41) is -0.00382. The summed E-state index contributed by atoms with van der Waals surface area (Å²) in [6.45, 7) is 1.77. The van der Waals surface area contributed by atoms with Crippen LogP contribution in [0.5, 0.6) is 0 Å². The van der Waals surface area contributed by atoms with Crippen molar-refractivity contribution in [1.29, 1.82) is 0 Å². The van der Waals surface area contributed by atoms with Gasteiger partial charge in [-0.2, -0.15) is 0 Å². The molecule has 2 aliphatic heterocycles. The second kappa shape index (κ2) is 6.88. The minimum atomic E-state index is -3.43. The maximum atomic E-state index is 13.4. The van der Waals surface area contributed by atoms with Gasteiger partial charge in [0.25, 0.3) is 0 Å². The van der Waals surface area contributed by atoms with Crippen molar-refractivity contribution in [1.82, 2.24) is 9.97 Å². The van der Waals surface area contributed by atoms with Crippen molar-refractivity contribution >= 4 is 33.1 Å². The number of sulfonamides is 1. The molecule has 3 aliphatic rings. The molecule has 1 aromatic heterocycles. The number of nitrogens with zero attached hydrogens (tertiary/aromatic N) is 4. The predicted molar refractivity (Wildman–Crippen MR) is 111 cm³/mol. The molecule has 0 radical (unpaired) electrons. The largest absolute Gasteiger partial charge is 0.355 e. The smallest absolute Gasteiger partial charge is 0.239 e. The van der Waals surface area contributed by atoms with Crippen LogP contribution in [0.4, 0.5) is 11.5 Å². The molecule has 1 aliphatic carbocycles. The standard InChI is InChI=1S/C20H23ClN4O2S/c21-18-12-19(23-20(22-18)15-7-8-15)24-10-3-5-16(13-24)28(26,27)25-11-9-14-4-1-2-6-17(14)25/h1-2,4,6,12,15-16H,3,5,7-11,13H2. The lowest BCUT2D eigenvalue weighted by molar-refractivity contribution is 0.527. The van der Waals surface area contributed by atoms with Crippen LogP contribution in [0.15, 0.2) is 30.3 Å². The van der Waals surface area contributed by atoms with Gasteiger partial charge in [0.15, 0.2) is 0 Å².